The highest BCUT2D eigenvalue weighted by Gasteiger charge is 2.24. The number of nitrogens with one attached hydrogen (secondary N) is 3. The number of aromatic amines is 1. The van der Waals surface area contributed by atoms with Gasteiger partial charge in [0.25, 0.3) is 0 Å². The quantitative estimate of drug-likeness (QED) is 0.416. The molecule has 0 aromatic carbocycles. The highest BCUT2D eigenvalue weighted by molar-refractivity contribution is 7.98. The van der Waals surface area contributed by atoms with Gasteiger partial charge in [0.15, 0.2) is 5.65 Å². The van der Waals surface area contributed by atoms with Gasteiger partial charge < -0.3 is 15.5 Å². The lowest BCUT2D eigenvalue weighted by atomic mass is 10.1. The molecular formula is C18H23N9OS. The average molecular weight is 414 g/mol. The summed E-state index contributed by atoms with van der Waals surface area (Å²) in [4.78, 5) is 23.1. The number of aromatic nitrogens is 6. The van der Waals surface area contributed by atoms with E-state index in [0.717, 1.165) is 35.5 Å². The molecule has 1 aliphatic heterocycles. The molecule has 152 valence electrons. The lowest BCUT2D eigenvalue weighted by Crippen LogP contribution is -2.44. The smallest absolute Gasteiger partial charge is 0.246 e. The number of rotatable bonds is 6. The van der Waals surface area contributed by atoms with Crippen molar-refractivity contribution >= 4 is 46.2 Å². The van der Waals surface area contributed by atoms with Gasteiger partial charge in [0.1, 0.15) is 10.8 Å². The molecule has 1 atom stereocenters. The summed E-state index contributed by atoms with van der Waals surface area (Å²) in [6, 6.07) is 0.0848. The third kappa shape index (κ3) is 4.04. The van der Waals surface area contributed by atoms with E-state index in [9.17, 15) is 4.79 Å². The van der Waals surface area contributed by atoms with Crippen LogP contribution in [0.25, 0.3) is 11.0 Å². The van der Waals surface area contributed by atoms with Gasteiger partial charge in [-0.2, -0.15) is 20.2 Å². The van der Waals surface area contributed by atoms with Crippen LogP contribution in [0.15, 0.2) is 30.1 Å². The third-order valence-corrected chi connectivity index (χ3v) is 5.47. The van der Waals surface area contributed by atoms with Crippen molar-refractivity contribution in [3.05, 3.63) is 25.0 Å². The van der Waals surface area contributed by atoms with E-state index in [2.05, 4.69) is 37.5 Å². The summed E-state index contributed by atoms with van der Waals surface area (Å²) in [6.07, 6.45) is 8.76. The van der Waals surface area contributed by atoms with Crippen LogP contribution in [0.3, 0.4) is 0 Å². The van der Waals surface area contributed by atoms with Gasteiger partial charge in [0.2, 0.25) is 11.9 Å². The minimum atomic E-state index is -0.0450. The highest BCUT2D eigenvalue weighted by atomic mass is 32.2. The van der Waals surface area contributed by atoms with Crippen LogP contribution in [0.5, 0.6) is 0 Å². The molecule has 4 heterocycles. The second-order valence-corrected chi connectivity index (χ2v) is 7.65. The molecular weight excluding hydrogens is 390 g/mol. The molecule has 3 aromatic heterocycles. The maximum Gasteiger partial charge on any atom is 0.246 e. The van der Waals surface area contributed by atoms with Gasteiger partial charge in [-0.25, -0.2) is 0 Å². The number of H-pyrrole nitrogens is 1. The molecule has 29 heavy (non-hydrogen) atoms. The number of amides is 1. The summed E-state index contributed by atoms with van der Waals surface area (Å²) < 4.78 is 1.70. The highest BCUT2D eigenvalue weighted by Crippen LogP contribution is 2.31. The van der Waals surface area contributed by atoms with E-state index in [1.165, 1.54) is 17.8 Å². The van der Waals surface area contributed by atoms with Gasteiger partial charge in [0.05, 0.1) is 17.3 Å². The zero-order valence-electron chi connectivity index (χ0n) is 16.3. The number of nitrogens with zero attached hydrogens (tertiary/aromatic N) is 6. The first-order chi connectivity index (χ1) is 14.1. The Hall–Kier alpha value is -3.08. The minimum Gasteiger partial charge on any atom is -0.365 e. The summed E-state index contributed by atoms with van der Waals surface area (Å²) in [6.45, 7) is 4.95. The van der Waals surface area contributed by atoms with Crippen molar-refractivity contribution in [1.82, 2.24) is 34.8 Å². The predicted octanol–water partition coefficient (Wildman–Crippen LogP) is 2.14. The van der Waals surface area contributed by atoms with Crippen molar-refractivity contribution in [3.8, 4) is 0 Å². The maximum atomic E-state index is 12.0. The molecule has 11 heteroatoms. The number of carbonyl (C=O) groups excluding carboxylic acids is 1. The van der Waals surface area contributed by atoms with Crippen LogP contribution in [0.4, 0.5) is 17.5 Å². The molecule has 0 radical (unpaired) electrons. The fourth-order valence-corrected chi connectivity index (χ4v) is 3.98. The fourth-order valence-electron chi connectivity index (χ4n) is 3.44. The first kappa shape index (κ1) is 19.2. The van der Waals surface area contributed by atoms with Gasteiger partial charge in [-0.15, -0.1) is 11.8 Å². The number of hydrogen-bond acceptors (Lipinski definition) is 8. The molecule has 4 rings (SSSR count). The molecule has 1 saturated heterocycles. The molecule has 3 aromatic rings. The Bertz CT molecular complexity index is 1040. The number of thioether (sulfide) groups is 1. The Balaban J connectivity index is 1.64. The fraction of sp³-hybridized carbons (Fsp3) is 0.389. The van der Waals surface area contributed by atoms with Crippen LogP contribution in [-0.4, -0.2) is 66.1 Å². The van der Waals surface area contributed by atoms with Crippen molar-refractivity contribution in [3.63, 3.8) is 0 Å². The van der Waals surface area contributed by atoms with Crippen LogP contribution >= 0.6 is 11.8 Å². The summed E-state index contributed by atoms with van der Waals surface area (Å²) in [5.74, 6) is 1.09. The van der Waals surface area contributed by atoms with E-state index in [1.54, 1.807) is 10.9 Å². The number of carbonyl (C=O) groups is 1. The number of hydrogen-bond donors (Lipinski definition) is 3. The predicted molar refractivity (Wildman–Crippen MR) is 113 cm³/mol. The SMILES string of the molecule is C=CC(=O)N1CCC[C@@H](Nc2nc(Nc3cnn(C)c3)nc3[nH]nc(SC)c23)C1. The number of aryl methyl sites for hydroxylation is 1. The number of likely N-dealkylation sites (tertiary alicyclic amines) is 1. The molecule has 0 saturated carbocycles. The van der Waals surface area contributed by atoms with Gasteiger partial charge in [0, 0.05) is 32.4 Å². The Morgan fingerprint density at radius 2 is 2.31 bits per heavy atom. The molecule has 1 fully saturated rings. The van der Waals surface area contributed by atoms with Crippen molar-refractivity contribution < 1.29 is 4.79 Å². The van der Waals surface area contributed by atoms with Gasteiger partial charge in [-0.1, -0.05) is 6.58 Å². The number of fused-ring (bicyclic) bond motifs is 1. The molecule has 0 aliphatic carbocycles. The van der Waals surface area contributed by atoms with Crippen molar-refractivity contribution in [2.45, 2.75) is 23.9 Å². The first-order valence-corrected chi connectivity index (χ1v) is 10.5. The molecule has 10 nitrogen and oxygen atoms in total. The van der Waals surface area contributed by atoms with Crippen LogP contribution < -0.4 is 10.6 Å². The van der Waals surface area contributed by atoms with E-state index >= 15 is 0 Å². The van der Waals surface area contributed by atoms with Crippen molar-refractivity contribution in [2.24, 2.45) is 7.05 Å². The normalized spacial score (nSPS) is 16.8. The van der Waals surface area contributed by atoms with Crippen LogP contribution in [0.1, 0.15) is 12.8 Å². The molecule has 0 spiro atoms. The Morgan fingerprint density at radius 3 is 3.03 bits per heavy atom. The zero-order valence-corrected chi connectivity index (χ0v) is 17.2. The standard InChI is InChI=1S/C18H23N9OS/c1-4-13(28)27-7-5-6-11(10-27)20-15-14-16(24-25-17(14)29-3)23-18(22-15)21-12-8-19-26(2)9-12/h4,8-9,11H,1,5-7,10H2,2-3H3,(H3,20,21,22,23,24,25)/t11-/m1/s1. The molecule has 0 bridgehead atoms. The van der Waals surface area contributed by atoms with Crippen LogP contribution in [-0.2, 0) is 11.8 Å². The van der Waals surface area contributed by atoms with E-state index in [4.69, 9.17) is 4.98 Å². The second kappa shape index (κ2) is 8.11. The zero-order chi connectivity index (χ0) is 20.4. The summed E-state index contributed by atoms with van der Waals surface area (Å²) in [7, 11) is 1.85. The van der Waals surface area contributed by atoms with Gasteiger partial charge >= 0.3 is 0 Å². The largest absolute Gasteiger partial charge is 0.365 e. The second-order valence-electron chi connectivity index (χ2n) is 6.85. The van der Waals surface area contributed by atoms with E-state index < -0.39 is 0 Å². The summed E-state index contributed by atoms with van der Waals surface area (Å²) >= 11 is 1.53. The monoisotopic (exact) mass is 413 g/mol. The molecule has 1 amide bonds. The maximum absolute atomic E-state index is 12.0. The molecule has 3 N–H and O–H groups in total. The van der Waals surface area contributed by atoms with Crippen molar-refractivity contribution in [2.75, 3.05) is 30.0 Å². The van der Waals surface area contributed by atoms with Gasteiger partial charge in [-0.3, -0.25) is 14.6 Å². The van der Waals surface area contributed by atoms with E-state index in [0.29, 0.717) is 24.0 Å². The third-order valence-electron chi connectivity index (χ3n) is 4.79. The van der Waals surface area contributed by atoms with E-state index in [-0.39, 0.29) is 11.9 Å². The Labute approximate surface area is 172 Å². The first-order valence-electron chi connectivity index (χ1n) is 9.31. The minimum absolute atomic E-state index is 0.0450. The number of piperidine rings is 1. The lowest BCUT2D eigenvalue weighted by molar-refractivity contribution is -0.127. The lowest BCUT2D eigenvalue weighted by Gasteiger charge is -2.33. The Kier molecular flexibility index (Phi) is 5.38. The Morgan fingerprint density at radius 1 is 1.45 bits per heavy atom. The summed E-state index contributed by atoms with van der Waals surface area (Å²) in [5, 5.41) is 19.9. The topological polar surface area (TPSA) is 117 Å². The van der Waals surface area contributed by atoms with Gasteiger partial charge in [-0.05, 0) is 25.2 Å². The van der Waals surface area contributed by atoms with Crippen LogP contribution in [0, 0.1) is 0 Å². The van der Waals surface area contributed by atoms with Crippen LogP contribution in [0.2, 0.25) is 0 Å². The average Bonchev–Trinajstić information content (AvgIpc) is 3.33. The van der Waals surface area contributed by atoms with E-state index in [1.807, 2.05) is 24.4 Å². The summed E-state index contributed by atoms with van der Waals surface area (Å²) in [5.41, 5.74) is 1.44. The molecule has 1 aliphatic rings. The number of anilines is 3. The molecule has 0 unspecified atom stereocenters. The van der Waals surface area contributed by atoms with Crippen molar-refractivity contribution in [1.29, 1.82) is 0 Å².